The minimum Gasteiger partial charge on any atom is -0.382 e. The molecule has 2 heterocycles. The number of thiophene rings is 2. The van der Waals surface area contributed by atoms with Crippen molar-refractivity contribution in [3.05, 3.63) is 79.7 Å². The smallest absolute Gasteiger partial charge is 0.251 e. The van der Waals surface area contributed by atoms with Gasteiger partial charge in [0.25, 0.3) is 5.91 Å². The summed E-state index contributed by atoms with van der Waals surface area (Å²) in [4.78, 5) is 15.1. The first-order valence-electron chi connectivity index (χ1n) is 7.29. The summed E-state index contributed by atoms with van der Waals surface area (Å²) in [5, 5.41) is 15.2. The number of benzene rings is 1. The second-order valence-electron chi connectivity index (χ2n) is 5.22. The van der Waals surface area contributed by atoms with Gasteiger partial charge in [-0.1, -0.05) is 24.3 Å². The number of carbonyl (C=O) groups excluding carboxylic acids is 1. The molecule has 3 aromatic rings. The molecule has 23 heavy (non-hydrogen) atoms. The largest absolute Gasteiger partial charge is 0.382 e. The molecule has 0 bridgehead atoms. The first-order chi connectivity index (χ1) is 11.1. The van der Waals surface area contributed by atoms with E-state index in [1.54, 1.807) is 0 Å². The Bertz CT molecular complexity index is 793. The highest BCUT2D eigenvalue weighted by Crippen LogP contribution is 2.30. The van der Waals surface area contributed by atoms with Crippen molar-refractivity contribution in [2.45, 2.75) is 19.6 Å². The van der Waals surface area contributed by atoms with Gasteiger partial charge in [0.05, 0.1) is 6.54 Å². The van der Waals surface area contributed by atoms with Crippen molar-refractivity contribution < 1.29 is 9.90 Å². The van der Waals surface area contributed by atoms with Crippen molar-refractivity contribution in [2.24, 2.45) is 0 Å². The van der Waals surface area contributed by atoms with E-state index in [9.17, 15) is 9.90 Å². The molecule has 0 fully saturated rings. The second-order valence-corrected chi connectivity index (χ2v) is 7.40. The first kappa shape index (κ1) is 15.9. The van der Waals surface area contributed by atoms with Crippen LogP contribution in [0.15, 0.2) is 53.9 Å². The Morgan fingerprint density at radius 3 is 2.70 bits per heavy atom. The quantitative estimate of drug-likeness (QED) is 0.732. The van der Waals surface area contributed by atoms with Crippen LogP contribution in [0.2, 0.25) is 0 Å². The molecule has 0 unspecified atom stereocenters. The molecule has 0 aliphatic heterocycles. The molecule has 0 spiro atoms. The average Bonchev–Trinajstić information content (AvgIpc) is 3.24. The molecule has 0 aliphatic carbocycles. The summed E-state index contributed by atoms with van der Waals surface area (Å²) in [5.41, 5.74) is 1.66. The lowest BCUT2D eigenvalue weighted by Crippen LogP contribution is -2.23. The monoisotopic (exact) mass is 343 g/mol. The summed E-state index contributed by atoms with van der Waals surface area (Å²) in [5.74, 6) is -0.0724. The van der Waals surface area contributed by atoms with E-state index in [0.29, 0.717) is 12.1 Å². The summed E-state index contributed by atoms with van der Waals surface area (Å²) < 4.78 is 0. The Morgan fingerprint density at radius 1 is 1.13 bits per heavy atom. The molecule has 3 rings (SSSR count). The molecular weight excluding hydrogens is 326 g/mol. The molecular formula is C18H17NO2S2. The third-order valence-electron chi connectivity index (χ3n) is 3.58. The number of nitrogens with one attached hydrogen (secondary N) is 1. The van der Waals surface area contributed by atoms with Crippen LogP contribution in [0.3, 0.4) is 0 Å². The maximum absolute atomic E-state index is 12.2. The highest BCUT2D eigenvalue weighted by molar-refractivity contribution is 7.12. The van der Waals surface area contributed by atoms with Crippen molar-refractivity contribution in [2.75, 3.05) is 0 Å². The standard InChI is InChI=1S/C18H17NO2S2/c1-12-5-2-3-6-14(12)18(21)19-11-13-8-9-16(23-13)17(20)15-7-4-10-22-15/h2-10,17,20H,11H2,1H3,(H,19,21)/t17-/m1/s1. The van der Waals surface area contributed by atoms with Crippen LogP contribution in [0.4, 0.5) is 0 Å². The van der Waals surface area contributed by atoms with Crippen LogP contribution in [0, 0.1) is 6.92 Å². The first-order valence-corrected chi connectivity index (χ1v) is 8.98. The lowest BCUT2D eigenvalue weighted by molar-refractivity contribution is 0.0950. The molecule has 0 aliphatic rings. The second kappa shape index (κ2) is 7.08. The van der Waals surface area contributed by atoms with Crippen molar-refractivity contribution in [3.8, 4) is 0 Å². The van der Waals surface area contributed by atoms with Gasteiger partial charge >= 0.3 is 0 Å². The lowest BCUT2D eigenvalue weighted by Gasteiger charge is -2.07. The highest BCUT2D eigenvalue weighted by atomic mass is 32.1. The highest BCUT2D eigenvalue weighted by Gasteiger charge is 2.14. The third kappa shape index (κ3) is 3.69. The van der Waals surface area contributed by atoms with Crippen LogP contribution in [0.1, 0.15) is 36.7 Å². The van der Waals surface area contributed by atoms with E-state index in [-0.39, 0.29) is 5.91 Å². The Morgan fingerprint density at radius 2 is 1.96 bits per heavy atom. The SMILES string of the molecule is Cc1ccccc1C(=O)NCc1ccc([C@H](O)c2cccs2)s1. The number of hydrogen-bond acceptors (Lipinski definition) is 4. The lowest BCUT2D eigenvalue weighted by atomic mass is 10.1. The Kier molecular flexibility index (Phi) is 4.91. The molecule has 5 heteroatoms. The number of amides is 1. The summed E-state index contributed by atoms with van der Waals surface area (Å²) in [7, 11) is 0. The van der Waals surface area contributed by atoms with Crippen molar-refractivity contribution in [3.63, 3.8) is 0 Å². The molecule has 1 amide bonds. The van der Waals surface area contributed by atoms with Crippen LogP contribution in [-0.2, 0) is 6.54 Å². The average molecular weight is 343 g/mol. The van der Waals surface area contributed by atoms with E-state index in [1.165, 1.54) is 22.7 Å². The van der Waals surface area contributed by atoms with Crippen LogP contribution in [0.5, 0.6) is 0 Å². The van der Waals surface area contributed by atoms with Crippen LogP contribution in [0.25, 0.3) is 0 Å². The fourth-order valence-corrected chi connectivity index (χ4v) is 4.07. The van der Waals surface area contributed by atoms with Crippen molar-refractivity contribution >= 4 is 28.6 Å². The summed E-state index contributed by atoms with van der Waals surface area (Å²) in [6.07, 6.45) is -0.583. The Hall–Kier alpha value is -1.95. The number of hydrogen-bond donors (Lipinski definition) is 2. The van der Waals surface area contributed by atoms with Crippen LogP contribution < -0.4 is 5.32 Å². The van der Waals surface area contributed by atoms with E-state index in [0.717, 1.165) is 20.2 Å². The van der Waals surface area contributed by atoms with Gasteiger partial charge in [-0.25, -0.2) is 0 Å². The van der Waals surface area contributed by atoms with Gasteiger partial charge in [-0.15, -0.1) is 22.7 Å². The van der Waals surface area contributed by atoms with Crippen molar-refractivity contribution in [1.82, 2.24) is 5.32 Å². The predicted molar refractivity (Wildman–Crippen MR) is 95.0 cm³/mol. The molecule has 2 N–H and O–H groups in total. The van der Waals surface area contributed by atoms with Gasteiger partial charge in [0.1, 0.15) is 6.10 Å². The minimum absolute atomic E-state index is 0.0724. The van der Waals surface area contributed by atoms with Gasteiger partial charge in [-0.3, -0.25) is 4.79 Å². The zero-order valence-corrected chi connectivity index (χ0v) is 14.3. The van der Waals surface area contributed by atoms with E-state index >= 15 is 0 Å². The Labute approximate surface area is 143 Å². The molecule has 0 saturated carbocycles. The van der Waals surface area contributed by atoms with Crippen LogP contribution in [-0.4, -0.2) is 11.0 Å². The number of carbonyl (C=O) groups is 1. The topological polar surface area (TPSA) is 49.3 Å². The number of rotatable bonds is 5. The zero-order chi connectivity index (χ0) is 16.2. The fraction of sp³-hybridized carbons (Fsp3) is 0.167. The fourth-order valence-electron chi connectivity index (χ4n) is 2.31. The summed E-state index contributed by atoms with van der Waals surface area (Å²) >= 11 is 3.06. The zero-order valence-electron chi connectivity index (χ0n) is 12.7. The molecule has 118 valence electrons. The van der Waals surface area contributed by atoms with Gasteiger partial charge < -0.3 is 10.4 Å². The van der Waals surface area contributed by atoms with Gasteiger partial charge in [-0.05, 0) is 42.1 Å². The molecule has 1 aromatic carbocycles. The number of aliphatic hydroxyl groups excluding tert-OH is 1. The number of aliphatic hydroxyl groups is 1. The van der Waals surface area contributed by atoms with Gasteiger partial charge in [0.2, 0.25) is 0 Å². The Balaban J connectivity index is 1.64. The minimum atomic E-state index is -0.583. The van der Waals surface area contributed by atoms with E-state index in [2.05, 4.69) is 5.32 Å². The summed E-state index contributed by atoms with van der Waals surface area (Å²) in [6.45, 7) is 2.39. The molecule has 3 nitrogen and oxygen atoms in total. The van der Waals surface area contributed by atoms with Crippen molar-refractivity contribution in [1.29, 1.82) is 0 Å². The molecule has 1 atom stereocenters. The number of aryl methyl sites for hydroxylation is 1. The van der Waals surface area contributed by atoms with Crippen LogP contribution >= 0.6 is 22.7 Å². The van der Waals surface area contributed by atoms with E-state index in [1.807, 2.05) is 60.8 Å². The van der Waals surface area contributed by atoms with Gasteiger partial charge in [0.15, 0.2) is 0 Å². The normalized spacial score (nSPS) is 12.1. The molecule has 0 saturated heterocycles. The predicted octanol–water partition coefficient (Wildman–Crippen LogP) is 4.13. The van der Waals surface area contributed by atoms with E-state index in [4.69, 9.17) is 0 Å². The molecule has 0 radical (unpaired) electrons. The third-order valence-corrected chi connectivity index (χ3v) is 5.64. The summed E-state index contributed by atoms with van der Waals surface area (Å²) in [6, 6.07) is 15.3. The maximum atomic E-state index is 12.2. The van der Waals surface area contributed by atoms with Gasteiger partial charge in [-0.2, -0.15) is 0 Å². The van der Waals surface area contributed by atoms with E-state index < -0.39 is 6.10 Å². The van der Waals surface area contributed by atoms with Gasteiger partial charge in [0, 0.05) is 20.2 Å². The maximum Gasteiger partial charge on any atom is 0.251 e. The molecule has 2 aromatic heterocycles.